The summed E-state index contributed by atoms with van der Waals surface area (Å²) in [6, 6.07) is 23.6. The Morgan fingerprint density at radius 1 is 0.880 bits per heavy atom. The van der Waals surface area contributed by atoms with Crippen LogP contribution in [-0.2, 0) is 0 Å². The molecule has 0 amide bonds. The smallest absolute Gasteiger partial charge is 0.343 e. The Bertz CT molecular complexity index is 871. The Labute approximate surface area is 146 Å². The number of esters is 1. The lowest BCUT2D eigenvalue weighted by Crippen LogP contribution is -2.09. The first-order valence-electron chi connectivity index (χ1n) is 7.80. The van der Waals surface area contributed by atoms with Crippen molar-refractivity contribution >= 4 is 17.9 Å². The van der Waals surface area contributed by atoms with Crippen molar-refractivity contribution in [3.63, 3.8) is 0 Å². The van der Waals surface area contributed by atoms with E-state index in [0.717, 1.165) is 11.3 Å². The maximum Gasteiger partial charge on any atom is 0.343 e. The molecule has 0 bridgehead atoms. The van der Waals surface area contributed by atoms with E-state index in [-0.39, 0.29) is 0 Å². The standard InChI is InChI=1S/C21H17NO3/c1-24-19-13-11-16(12-14-19)21(23)25-20-10-6-5-7-17(20)15-22-18-8-3-2-4-9-18/h2-15H,1H3. The number of rotatable bonds is 5. The average Bonchev–Trinajstić information content (AvgIpc) is 2.68. The van der Waals surface area contributed by atoms with Gasteiger partial charge in [-0.3, -0.25) is 4.99 Å². The Morgan fingerprint density at radius 2 is 1.56 bits per heavy atom. The van der Waals surface area contributed by atoms with Crippen LogP contribution in [0, 0.1) is 0 Å². The molecule has 0 atom stereocenters. The van der Waals surface area contributed by atoms with E-state index < -0.39 is 5.97 Å². The molecule has 0 aromatic heterocycles. The molecule has 3 aromatic rings. The summed E-state index contributed by atoms with van der Waals surface area (Å²) in [5.74, 6) is 0.721. The summed E-state index contributed by atoms with van der Waals surface area (Å²) in [6.45, 7) is 0. The lowest BCUT2D eigenvalue weighted by atomic mass is 10.2. The largest absolute Gasteiger partial charge is 0.497 e. The van der Waals surface area contributed by atoms with Gasteiger partial charge in [0.25, 0.3) is 0 Å². The SMILES string of the molecule is COc1ccc(C(=O)Oc2ccccc2C=Nc2ccccc2)cc1. The molecule has 124 valence electrons. The van der Waals surface area contributed by atoms with E-state index in [9.17, 15) is 4.79 Å². The highest BCUT2D eigenvalue weighted by atomic mass is 16.5. The summed E-state index contributed by atoms with van der Waals surface area (Å²) >= 11 is 0. The van der Waals surface area contributed by atoms with Gasteiger partial charge in [-0.1, -0.05) is 30.3 Å². The summed E-state index contributed by atoms with van der Waals surface area (Å²) in [5, 5.41) is 0. The van der Waals surface area contributed by atoms with Gasteiger partial charge < -0.3 is 9.47 Å². The minimum atomic E-state index is -0.428. The van der Waals surface area contributed by atoms with Crippen LogP contribution in [0.5, 0.6) is 11.5 Å². The molecule has 0 saturated carbocycles. The first-order valence-corrected chi connectivity index (χ1v) is 7.80. The number of benzene rings is 3. The van der Waals surface area contributed by atoms with Crippen LogP contribution in [0.4, 0.5) is 5.69 Å². The Morgan fingerprint density at radius 3 is 2.28 bits per heavy atom. The van der Waals surface area contributed by atoms with E-state index in [1.807, 2.05) is 48.5 Å². The molecule has 0 aliphatic heterocycles. The first-order chi connectivity index (χ1) is 12.3. The third-order valence-corrected chi connectivity index (χ3v) is 3.56. The summed E-state index contributed by atoms with van der Waals surface area (Å²) < 4.78 is 10.6. The van der Waals surface area contributed by atoms with Crippen molar-refractivity contribution in [1.82, 2.24) is 0 Å². The van der Waals surface area contributed by atoms with Gasteiger partial charge in [0, 0.05) is 11.8 Å². The summed E-state index contributed by atoms with van der Waals surface area (Å²) in [5.41, 5.74) is 2.02. The topological polar surface area (TPSA) is 47.9 Å². The highest BCUT2D eigenvalue weighted by molar-refractivity contribution is 5.93. The van der Waals surface area contributed by atoms with Crippen molar-refractivity contribution < 1.29 is 14.3 Å². The minimum Gasteiger partial charge on any atom is -0.497 e. The highest BCUT2D eigenvalue weighted by Gasteiger charge is 2.11. The summed E-state index contributed by atoms with van der Waals surface area (Å²) in [6.07, 6.45) is 1.69. The Balaban J connectivity index is 1.78. The van der Waals surface area contributed by atoms with Crippen LogP contribution >= 0.6 is 0 Å². The Hall–Kier alpha value is -3.40. The van der Waals surface area contributed by atoms with Crippen LogP contribution in [-0.4, -0.2) is 19.3 Å². The van der Waals surface area contributed by atoms with Crippen LogP contribution in [0.15, 0.2) is 83.9 Å². The highest BCUT2D eigenvalue weighted by Crippen LogP contribution is 2.20. The molecular formula is C21H17NO3. The van der Waals surface area contributed by atoms with E-state index in [1.165, 1.54) is 0 Å². The number of para-hydroxylation sites is 2. The second-order valence-electron chi connectivity index (χ2n) is 5.25. The molecule has 0 fully saturated rings. The fourth-order valence-corrected chi connectivity index (χ4v) is 2.22. The monoisotopic (exact) mass is 331 g/mol. The lowest BCUT2D eigenvalue weighted by Gasteiger charge is -2.07. The van der Waals surface area contributed by atoms with E-state index in [1.54, 1.807) is 43.7 Å². The minimum absolute atomic E-state index is 0.428. The number of ether oxygens (including phenoxy) is 2. The third-order valence-electron chi connectivity index (χ3n) is 3.56. The molecule has 25 heavy (non-hydrogen) atoms. The molecule has 0 aliphatic rings. The molecule has 0 radical (unpaired) electrons. The zero-order valence-corrected chi connectivity index (χ0v) is 13.8. The van der Waals surface area contributed by atoms with Gasteiger partial charge in [0.2, 0.25) is 0 Å². The second kappa shape index (κ2) is 7.93. The molecule has 0 spiro atoms. The van der Waals surface area contributed by atoms with Gasteiger partial charge in [0.05, 0.1) is 18.4 Å². The van der Waals surface area contributed by atoms with Gasteiger partial charge in [-0.05, 0) is 48.5 Å². The molecular weight excluding hydrogens is 314 g/mol. The average molecular weight is 331 g/mol. The van der Waals surface area contributed by atoms with Crippen molar-refractivity contribution in [2.45, 2.75) is 0 Å². The van der Waals surface area contributed by atoms with Gasteiger partial charge >= 0.3 is 5.97 Å². The first kappa shape index (κ1) is 16.5. The molecule has 0 saturated heterocycles. The number of nitrogens with zero attached hydrogens (tertiary/aromatic N) is 1. The number of methoxy groups -OCH3 is 1. The Kier molecular flexibility index (Phi) is 5.22. The van der Waals surface area contributed by atoms with E-state index >= 15 is 0 Å². The molecule has 3 aromatic carbocycles. The van der Waals surface area contributed by atoms with Gasteiger partial charge in [0.15, 0.2) is 0 Å². The van der Waals surface area contributed by atoms with E-state index in [2.05, 4.69) is 4.99 Å². The molecule has 0 aliphatic carbocycles. The summed E-state index contributed by atoms with van der Waals surface area (Å²) in [4.78, 5) is 16.7. The van der Waals surface area contributed by atoms with Gasteiger partial charge in [-0.25, -0.2) is 4.79 Å². The quantitative estimate of drug-likeness (QED) is 0.388. The second-order valence-corrected chi connectivity index (χ2v) is 5.25. The molecule has 0 N–H and O–H groups in total. The molecule has 4 heteroatoms. The van der Waals surface area contributed by atoms with Crippen molar-refractivity contribution in [1.29, 1.82) is 0 Å². The van der Waals surface area contributed by atoms with Crippen LogP contribution in [0.3, 0.4) is 0 Å². The van der Waals surface area contributed by atoms with Crippen molar-refractivity contribution in [2.24, 2.45) is 4.99 Å². The molecule has 3 rings (SSSR count). The van der Waals surface area contributed by atoms with Crippen LogP contribution in [0.1, 0.15) is 15.9 Å². The lowest BCUT2D eigenvalue weighted by molar-refractivity contribution is 0.0734. The van der Waals surface area contributed by atoms with Crippen LogP contribution < -0.4 is 9.47 Å². The molecule has 4 nitrogen and oxygen atoms in total. The number of aliphatic imine (C=N–C) groups is 1. The maximum atomic E-state index is 12.3. The van der Waals surface area contributed by atoms with Gasteiger partial charge in [-0.2, -0.15) is 0 Å². The number of hydrogen-bond acceptors (Lipinski definition) is 4. The zero-order valence-electron chi connectivity index (χ0n) is 13.8. The molecule has 0 heterocycles. The fraction of sp³-hybridized carbons (Fsp3) is 0.0476. The van der Waals surface area contributed by atoms with Crippen LogP contribution in [0.2, 0.25) is 0 Å². The zero-order chi connectivity index (χ0) is 17.5. The van der Waals surface area contributed by atoms with E-state index in [4.69, 9.17) is 9.47 Å². The normalized spacial score (nSPS) is 10.6. The third kappa shape index (κ3) is 4.32. The predicted octanol–water partition coefficient (Wildman–Crippen LogP) is 4.67. The van der Waals surface area contributed by atoms with Crippen LogP contribution in [0.25, 0.3) is 0 Å². The van der Waals surface area contributed by atoms with Gasteiger partial charge in [-0.15, -0.1) is 0 Å². The maximum absolute atomic E-state index is 12.3. The number of carbonyl (C=O) groups excluding carboxylic acids is 1. The molecule has 0 unspecified atom stereocenters. The van der Waals surface area contributed by atoms with Gasteiger partial charge in [0.1, 0.15) is 11.5 Å². The number of hydrogen-bond donors (Lipinski definition) is 0. The number of carbonyl (C=O) groups is 1. The predicted molar refractivity (Wildman–Crippen MR) is 98.1 cm³/mol. The fourth-order valence-electron chi connectivity index (χ4n) is 2.22. The van der Waals surface area contributed by atoms with Crippen molar-refractivity contribution in [3.05, 3.63) is 90.0 Å². The van der Waals surface area contributed by atoms with Crippen molar-refractivity contribution in [2.75, 3.05) is 7.11 Å². The van der Waals surface area contributed by atoms with Crippen molar-refractivity contribution in [3.8, 4) is 11.5 Å². The van der Waals surface area contributed by atoms with E-state index in [0.29, 0.717) is 17.1 Å². The summed E-state index contributed by atoms with van der Waals surface area (Å²) in [7, 11) is 1.58.